The zero-order chi connectivity index (χ0) is 16.5. The lowest BCUT2D eigenvalue weighted by molar-refractivity contribution is -0.113. The zero-order valence-corrected chi connectivity index (χ0v) is 13.7. The van der Waals surface area contributed by atoms with Gasteiger partial charge in [0, 0.05) is 18.0 Å². The van der Waals surface area contributed by atoms with Gasteiger partial charge in [-0.05, 0) is 30.7 Å². The molecular weight excluding hydrogens is 314 g/mol. The summed E-state index contributed by atoms with van der Waals surface area (Å²) < 4.78 is 5.56. The maximum Gasteiger partial charge on any atom is 0.251 e. The van der Waals surface area contributed by atoms with Crippen LogP contribution in [0.4, 0.5) is 5.69 Å². The van der Waals surface area contributed by atoms with Crippen LogP contribution < -0.4 is 15.6 Å². The molecule has 0 saturated carbocycles. The first-order valence-corrected chi connectivity index (χ1v) is 8.37. The average molecular weight is 333 g/mol. The summed E-state index contributed by atoms with van der Waals surface area (Å²) in [5.74, 6) is 0.792. The van der Waals surface area contributed by atoms with Gasteiger partial charge in [0.25, 0.3) is 5.56 Å². The highest BCUT2D eigenvalue weighted by atomic mass is 32.2. The van der Waals surface area contributed by atoms with Crippen molar-refractivity contribution in [3.8, 4) is 5.75 Å². The Bertz CT molecular complexity index is 685. The van der Waals surface area contributed by atoms with Crippen LogP contribution in [0.25, 0.3) is 0 Å². The molecule has 122 valence electrons. The van der Waals surface area contributed by atoms with Gasteiger partial charge in [-0.2, -0.15) is 0 Å². The van der Waals surface area contributed by atoms with Gasteiger partial charge in [0.05, 0.1) is 12.4 Å². The lowest BCUT2D eigenvalue weighted by atomic mass is 10.3. The Morgan fingerprint density at radius 3 is 2.78 bits per heavy atom. The third-order valence-electron chi connectivity index (χ3n) is 2.89. The van der Waals surface area contributed by atoms with E-state index in [1.165, 1.54) is 24.0 Å². The third-order valence-corrected chi connectivity index (χ3v) is 3.78. The van der Waals surface area contributed by atoms with Gasteiger partial charge in [-0.3, -0.25) is 9.59 Å². The minimum atomic E-state index is -0.235. The molecule has 2 aromatic rings. The van der Waals surface area contributed by atoms with Crippen LogP contribution in [0.2, 0.25) is 0 Å². The predicted octanol–water partition coefficient (Wildman–Crippen LogP) is 2.68. The van der Waals surface area contributed by atoms with Gasteiger partial charge in [0.15, 0.2) is 5.16 Å². The first-order chi connectivity index (χ1) is 11.2. The number of rotatable bonds is 8. The molecule has 0 saturated heterocycles. The van der Waals surface area contributed by atoms with Crippen molar-refractivity contribution in [3.63, 3.8) is 0 Å². The van der Waals surface area contributed by atoms with E-state index in [4.69, 9.17) is 4.74 Å². The minimum absolute atomic E-state index is 0.166. The van der Waals surface area contributed by atoms with Gasteiger partial charge in [0.1, 0.15) is 5.75 Å². The van der Waals surface area contributed by atoms with E-state index in [0.717, 1.165) is 18.6 Å². The van der Waals surface area contributed by atoms with E-state index in [1.807, 2.05) is 12.1 Å². The number of thioether (sulfide) groups is 1. The Morgan fingerprint density at radius 1 is 1.30 bits per heavy atom. The van der Waals surface area contributed by atoms with Crippen molar-refractivity contribution in [2.24, 2.45) is 0 Å². The van der Waals surface area contributed by atoms with Gasteiger partial charge in [-0.1, -0.05) is 25.1 Å². The monoisotopic (exact) mass is 333 g/mol. The summed E-state index contributed by atoms with van der Waals surface area (Å²) in [4.78, 5) is 29.5. The van der Waals surface area contributed by atoms with Crippen molar-refractivity contribution in [2.45, 2.75) is 24.9 Å². The van der Waals surface area contributed by atoms with Crippen molar-refractivity contribution in [1.29, 1.82) is 0 Å². The second kappa shape index (κ2) is 8.99. The Balaban J connectivity index is 1.79. The molecule has 0 aliphatic heterocycles. The van der Waals surface area contributed by atoms with Gasteiger partial charge in [-0.15, -0.1) is 0 Å². The average Bonchev–Trinajstić information content (AvgIpc) is 2.55. The Morgan fingerprint density at radius 2 is 2.09 bits per heavy atom. The molecule has 2 rings (SSSR count). The van der Waals surface area contributed by atoms with Crippen LogP contribution in [0.5, 0.6) is 5.75 Å². The smallest absolute Gasteiger partial charge is 0.251 e. The van der Waals surface area contributed by atoms with Crippen LogP contribution in [0.15, 0.2) is 46.5 Å². The molecule has 1 heterocycles. The molecule has 0 atom stereocenters. The number of aromatic nitrogens is 2. The molecule has 2 N–H and O–H groups in total. The molecule has 0 bridgehead atoms. The van der Waals surface area contributed by atoms with E-state index in [-0.39, 0.29) is 17.2 Å². The van der Waals surface area contributed by atoms with E-state index in [1.54, 1.807) is 12.1 Å². The number of hydrogen-bond acceptors (Lipinski definition) is 5. The van der Waals surface area contributed by atoms with Crippen molar-refractivity contribution in [2.75, 3.05) is 17.7 Å². The summed E-state index contributed by atoms with van der Waals surface area (Å²) in [6.07, 6.45) is 3.52. The van der Waals surface area contributed by atoms with Gasteiger partial charge < -0.3 is 15.0 Å². The second-order valence-corrected chi connectivity index (χ2v) is 5.77. The quantitative estimate of drug-likeness (QED) is 0.441. The number of hydrogen-bond donors (Lipinski definition) is 2. The van der Waals surface area contributed by atoms with Crippen molar-refractivity contribution in [1.82, 2.24) is 9.97 Å². The highest BCUT2D eigenvalue weighted by Gasteiger charge is 2.05. The Labute approximate surface area is 138 Å². The van der Waals surface area contributed by atoms with Crippen LogP contribution in [-0.4, -0.2) is 28.2 Å². The van der Waals surface area contributed by atoms with Crippen molar-refractivity contribution < 1.29 is 9.53 Å². The molecule has 0 aliphatic rings. The van der Waals surface area contributed by atoms with Gasteiger partial charge in [-0.25, -0.2) is 4.98 Å². The van der Waals surface area contributed by atoms with E-state index in [0.29, 0.717) is 17.5 Å². The highest BCUT2D eigenvalue weighted by Crippen LogP contribution is 2.17. The number of aromatic amines is 1. The standard InChI is InChI=1S/C16H19N3O3S/c1-2-3-10-22-13-6-4-12(5-7-13)18-15(21)11-23-16-17-9-8-14(20)19-16/h4-9H,2-3,10-11H2,1H3,(H,18,21)(H,17,19,20). The number of carbonyl (C=O) groups excluding carboxylic acids is 1. The fourth-order valence-corrected chi connectivity index (χ4v) is 2.37. The predicted molar refractivity (Wildman–Crippen MR) is 91.1 cm³/mol. The lowest BCUT2D eigenvalue weighted by Gasteiger charge is -2.08. The first kappa shape index (κ1) is 17.1. The van der Waals surface area contributed by atoms with Crippen LogP contribution in [0.3, 0.4) is 0 Å². The molecule has 0 radical (unpaired) electrons. The molecular formula is C16H19N3O3S. The number of anilines is 1. The maximum atomic E-state index is 11.9. The summed E-state index contributed by atoms with van der Waals surface area (Å²) in [7, 11) is 0. The number of carbonyl (C=O) groups is 1. The highest BCUT2D eigenvalue weighted by molar-refractivity contribution is 7.99. The van der Waals surface area contributed by atoms with Crippen LogP contribution in [-0.2, 0) is 4.79 Å². The fraction of sp³-hybridized carbons (Fsp3) is 0.312. The normalized spacial score (nSPS) is 10.3. The molecule has 1 aromatic carbocycles. The topological polar surface area (TPSA) is 84.1 Å². The van der Waals surface area contributed by atoms with E-state index in [9.17, 15) is 9.59 Å². The van der Waals surface area contributed by atoms with Crippen LogP contribution in [0.1, 0.15) is 19.8 Å². The van der Waals surface area contributed by atoms with Crippen molar-refractivity contribution in [3.05, 3.63) is 46.9 Å². The summed E-state index contributed by atoms with van der Waals surface area (Å²) in [6, 6.07) is 8.58. The molecule has 6 nitrogen and oxygen atoms in total. The largest absolute Gasteiger partial charge is 0.494 e. The number of nitrogens with one attached hydrogen (secondary N) is 2. The zero-order valence-electron chi connectivity index (χ0n) is 12.9. The molecule has 1 amide bonds. The first-order valence-electron chi connectivity index (χ1n) is 7.38. The number of unbranched alkanes of at least 4 members (excludes halogenated alkanes) is 1. The van der Waals surface area contributed by atoms with E-state index >= 15 is 0 Å². The van der Waals surface area contributed by atoms with Crippen molar-refractivity contribution >= 4 is 23.4 Å². The number of nitrogens with zero attached hydrogens (tertiary/aromatic N) is 1. The van der Waals surface area contributed by atoms with E-state index in [2.05, 4.69) is 22.2 Å². The summed E-state index contributed by atoms with van der Waals surface area (Å²) in [6.45, 7) is 2.81. The number of ether oxygens (including phenoxy) is 1. The van der Waals surface area contributed by atoms with E-state index < -0.39 is 0 Å². The Hall–Kier alpha value is -2.28. The number of amides is 1. The second-order valence-electron chi connectivity index (χ2n) is 4.80. The molecule has 0 unspecified atom stereocenters. The SMILES string of the molecule is CCCCOc1ccc(NC(=O)CSc2nccc(=O)[nH]2)cc1. The molecule has 7 heteroatoms. The maximum absolute atomic E-state index is 11.9. The lowest BCUT2D eigenvalue weighted by Crippen LogP contribution is -2.15. The Kier molecular flexibility index (Phi) is 6.68. The third kappa shape index (κ3) is 6.15. The number of H-pyrrole nitrogens is 1. The molecule has 0 spiro atoms. The number of benzene rings is 1. The van der Waals surface area contributed by atoms with Crippen LogP contribution in [0, 0.1) is 0 Å². The molecule has 0 fully saturated rings. The molecule has 0 aliphatic carbocycles. The summed E-state index contributed by atoms with van der Waals surface area (Å²) >= 11 is 1.18. The molecule has 1 aromatic heterocycles. The van der Waals surface area contributed by atoms with Gasteiger partial charge in [0.2, 0.25) is 5.91 Å². The summed E-state index contributed by atoms with van der Waals surface area (Å²) in [5.41, 5.74) is 0.467. The minimum Gasteiger partial charge on any atom is -0.494 e. The van der Waals surface area contributed by atoms with Crippen LogP contribution >= 0.6 is 11.8 Å². The molecule has 23 heavy (non-hydrogen) atoms. The van der Waals surface area contributed by atoms with Gasteiger partial charge >= 0.3 is 0 Å². The summed E-state index contributed by atoms with van der Waals surface area (Å²) in [5, 5.41) is 3.21. The fourth-order valence-electron chi connectivity index (χ4n) is 1.73.